The second kappa shape index (κ2) is 7.82. The van der Waals surface area contributed by atoms with Gasteiger partial charge in [-0.3, -0.25) is 0 Å². The Hall–Kier alpha value is -2.35. The van der Waals surface area contributed by atoms with E-state index in [2.05, 4.69) is 22.5 Å². The lowest BCUT2D eigenvalue weighted by Crippen LogP contribution is -2.29. The van der Waals surface area contributed by atoms with Crippen LogP contribution in [0.25, 0.3) is 22.3 Å². The van der Waals surface area contributed by atoms with E-state index in [-0.39, 0.29) is 5.92 Å². The number of ether oxygens (including phenoxy) is 1. The van der Waals surface area contributed by atoms with Gasteiger partial charge in [-0.25, -0.2) is 9.55 Å². The van der Waals surface area contributed by atoms with Crippen molar-refractivity contribution in [3.63, 3.8) is 0 Å². The zero-order valence-electron chi connectivity index (χ0n) is 15.9. The molecule has 0 atom stereocenters. The number of aromatic amines is 1. The summed E-state index contributed by atoms with van der Waals surface area (Å²) in [6, 6.07) is 9.85. The number of halogens is 1. The molecule has 4 aromatic rings. The van der Waals surface area contributed by atoms with Gasteiger partial charge in [0.1, 0.15) is 11.9 Å². The topological polar surface area (TPSA) is 67.8 Å². The normalized spacial score (nSPS) is 15.2. The van der Waals surface area contributed by atoms with Gasteiger partial charge in [-0.2, -0.15) is 0 Å². The number of hydrogen-bond acceptors (Lipinski definition) is 5. The monoisotopic (exact) mass is 427 g/mol. The highest BCUT2D eigenvalue weighted by molar-refractivity contribution is 7.99. The van der Waals surface area contributed by atoms with Crippen LogP contribution >= 0.6 is 23.4 Å². The smallest absolute Gasteiger partial charge is 0.308 e. The lowest BCUT2D eigenvalue weighted by Gasteiger charge is -2.18. The Morgan fingerprint density at radius 2 is 2.00 bits per heavy atom. The minimum atomic E-state index is 0.286. The van der Waals surface area contributed by atoms with Crippen molar-refractivity contribution < 1.29 is 13.7 Å². The summed E-state index contributed by atoms with van der Waals surface area (Å²) >= 11 is 7.61. The fourth-order valence-electron chi connectivity index (χ4n) is 3.59. The van der Waals surface area contributed by atoms with Crippen molar-refractivity contribution in [2.45, 2.75) is 28.7 Å². The standard InChI is InChI=1S/C21H19ClN4O2S/c1-26-12-15(10-14-11-23-25-19(14)26)18-21(29-17-4-2-16(22)3-5-17)28-20(24-18)13-6-8-27-9-7-13/h2-5,10-13H,6-9H2,1H3/p+1. The second-order valence-electron chi connectivity index (χ2n) is 7.14. The molecule has 0 amide bonds. The molecule has 0 unspecified atom stereocenters. The molecule has 3 aromatic heterocycles. The van der Waals surface area contributed by atoms with Crippen molar-refractivity contribution in [1.29, 1.82) is 0 Å². The van der Waals surface area contributed by atoms with E-state index in [0.717, 1.165) is 64.2 Å². The Labute approximate surface area is 177 Å². The highest BCUT2D eigenvalue weighted by atomic mass is 35.5. The summed E-state index contributed by atoms with van der Waals surface area (Å²) in [4.78, 5) is 5.99. The molecule has 0 bridgehead atoms. The number of benzene rings is 1. The van der Waals surface area contributed by atoms with Crippen LogP contribution in [0.15, 0.2) is 57.1 Å². The Morgan fingerprint density at radius 3 is 2.79 bits per heavy atom. The molecular formula is C21H20ClN4O2S+. The Bertz CT molecular complexity index is 1150. The SMILES string of the molecule is C[n+]1cc(-c2nc(C3CCOCC3)oc2Sc2ccc(Cl)cc2)cc2cn[nH]c21. The van der Waals surface area contributed by atoms with Crippen molar-refractivity contribution in [2.24, 2.45) is 7.05 Å². The Kier molecular flexibility index (Phi) is 5.03. The third-order valence-corrected chi connectivity index (χ3v) is 6.35. The van der Waals surface area contributed by atoms with Crippen LogP contribution in [0.4, 0.5) is 0 Å². The fraction of sp³-hybridized carbons (Fsp3) is 0.286. The van der Waals surface area contributed by atoms with Gasteiger partial charge in [0.15, 0.2) is 11.0 Å². The number of fused-ring (bicyclic) bond motifs is 1. The zero-order chi connectivity index (χ0) is 19.8. The summed E-state index contributed by atoms with van der Waals surface area (Å²) in [7, 11) is 2.00. The molecule has 1 aromatic carbocycles. The van der Waals surface area contributed by atoms with Crippen LogP contribution in [-0.2, 0) is 11.8 Å². The van der Waals surface area contributed by atoms with Gasteiger partial charge in [0.25, 0.3) is 0 Å². The van der Waals surface area contributed by atoms with E-state index < -0.39 is 0 Å². The van der Waals surface area contributed by atoms with Crippen LogP contribution in [0.2, 0.25) is 5.02 Å². The number of nitrogens with one attached hydrogen (secondary N) is 1. The van der Waals surface area contributed by atoms with E-state index in [1.165, 1.54) is 0 Å². The quantitative estimate of drug-likeness (QED) is 0.476. The van der Waals surface area contributed by atoms with Gasteiger partial charge in [-0.1, -0.05) is 16.7 Å². The number of aromatic nitrogens is 4. The van der Waals surface area contributed by atoms with Gasteiger partial charge >= 0.3 is 5.65 Å². The van der Waals surface area contributed by atoms with Gasteiger partial charge in [0.05, 0.1) is 18.6 Å². The van der Waals surface area contributed by atoms with Gasteiger partial charge < -0.3 is 9.15 Å². The molecule has 0 saturated carbocycles. The molecule has 1 aliphatic rings. The van der Waals surface area contributed by atoms with Gasteiger partial charge in [0, 0.05) is 34.6 Å². The van der Waals surface area contributed by atoms with Crippen LogP contribution in [0, 0.1) is 0 Å². The first-order chi connectivity index (χ1) is 14.2. The molecule has 0 aliphatic carbocycles. The number of aryl methyl sites for hydroxylation is 1. The van der Waals surface area contributed by atoms with Gasteiger partial charge in [-0.05, 0) is 54.9 Å². The first-order valence-corrected chi connectivity index (χ1v) is 10.7. The maximum atomic E-state index is 6.31. The van der Waals surface area contributed by atoms with E-state index in [0.29, 0.717) is 5.02 Å². The van der Waals surface area contributed by atoms with Crippen molar-refractivity contribution >= 4 is 34.4 Å². The van der Waals surface area contributed by atoms with Crippen LogP contribution < -0.4 is 4.57 Å². The third kappa shape index (κ3) is 3.77. The summed E-state index contributed by atoms with van der Waals surface area (Å²) in [5, 5.41) is 9.71. The summed E-state index contributed by atoms with van der Waals surface area (Å²) in [6.45, 7) is 1.50. The van der Waals surface area contributed by atoms with E-state index in [1.807, 2.05) is 42.1 Å². The number of pyridine rings is 1. The number of rotatable bonds is 4. The average molecular weight is 428 g/mol. The molecule has 1 saturated heterocycles. The fourth-order valence-corrected chi connectivity index (χ4v) is 4.59. The molecule has 0 spiro atoms. The predicted molar refractivity (Wildman–Crippen MR) is 111 cm³/mol. The first kappa shape index (κ1) is 18.7. The maximum Gasteiger partial charge on any atom is 0.308 e. The van der Waals surface area contributed by atoms with E-state index >= 15 is 0 Å². The lowest BCUT2D eigenvalue weighted by atomic mass is 10.0. The molecule has 4 heterocycles. The van der Waals surface area contributed by atoms with Crippen LogP contribution in [0.3, 0.4) is 0 Å². The average Bonchev–Trinajstić information content (AvgIpc) is 3.38. The Balaban J connectivity index is 1.58. The molecule has 29 heavy (non-hydrogen) atoms. The molecule has 0 radical (unpaired) electrons. The number of H-pyrrole nitrogens is 1. The maximum absolute atomic E-state index is 6.31. The molecule has 8 heteroatoms. The van der Waals surface area contributed by atoms with Crippen LogP contribution in [-0.4, -0.2) is 28.4 Å². The van der Waals surface area contributed by atoms with Gasteiger partial charge in [-0.15, -0.1) is 5.10 Å². The predicted octanol–water partition coefficient (Wildman–Crippen LogP) is 4.74. The number of nitrogens with zero attached hydrogens (tertiary/aromatic N) is 3. The molecule has 1 aliphatic heterocycles. The largest absolute Gasteiger partial charge is 0.433 e. The minimum Gasteiger partial charge on any atom is -0.433 e. The highest BCUT2D eigenvalue weighted by Crippen LogP contribution is 2.40. The lowest BCUT2D eigenvalue weighted by molar-refractivity contribution is -0.646. The highest BCUT2D eigenvalue weighted by Gasteiger charge is 2.26. The van der Waals surface area contributed by atoms with E-state index in [4.69, 9.17) is 25.7 Å². The van der Waals surface area contributed by atoms with E-state index in [9.17, 15) is 0 Å². The van der Waals surface area contributed by atoms with Crippen molar-refractivity contribution in [1.82, 2.24) is 15.2 Å². The minimum absolute atomic E-state index is 0.286. The molecular weight excluding hydrogens is 408 g/mol. The number of hydrogen-bond donors (Lipinski definition) is 1. The molecule has 5 rings (SSSR count). The Morgan fingerprint density at radius 1 is 1.21 bits per heavy atom. The van der Waals surface area contributed by atoms with Gasteiger partial charge in [0.2, 0.25) is 0 Å². The van der Waals surface area contributed by atoms with E-state index in [1.54, 1.807) is 11.8 Å². The van der Waals surface area contributed by atoms with Crippen LogP contribution in [0.5, 0.6) is 0 Å². The summed E-state index contributed by atoms with van der Waals surface area (Å²) in [6.07, 6.45) is 5.74. The third-order valence-electron chi connectivity index (χ3n) is 5.12. The van der Waals surface area contributed by atoms with Crippen molar-refractivity contribution in [3.05, 3.63) is 53.6 Å². The molecule has 1 fully saturated rings. The van der Waals surface area contributed by atoms with Crippen LogP contribution in [0.1, 0.15) is 24.7 Å². The first-order valence-electron chi connectivity index (χ1n) is 9.52. The summed E-state index contributed by atoms with van der Waals surface area (Å²) in [5.41, 5.74) is 2.82. The summed E-state index contributed by atoms with van der Waals surface area (Å²) in [5.74, 6) is 1.07. The summed E-state index contributed by atoms with van der Waals surface area (Å²) < 4.78 is 13.8. The number of oxazole rings is 1. The second-order valence-corrected chi connectivity index (χ2v) is 8.63. The molecule has 1 N–H and O–H groups in total. The zero-order valence-corrected chi connectivity index (χ0v) is 17.5. The van der Waals surface area contributed by atoms with Crippen molar-refractivity contribution in [2.75, 3.05) is 13.2 Å². The molecule has 6 nitrogen and oxygen atoms in total. The molecule has 148 valence electrons. The van der Waals surface area contributed by atoms with Crippen molar-refractivity contribution in [3.8, 4) is 11.3 Å².